The first-order chi connectivity index (χ1) is 10.4. The molecule has 3 nitrogen and oxygen atoms in total. The summed E-state index contributed by atoms with van der Waals surface area (Å²) in [5.74, 6) is 0.658. The number of hydrogen-bond acceptors (Lipinski definition) is 2. The van der Waals surface area contributed by atoms with Crippen LogP contribution < -0.4 is 10.1 Å². The normalized spacial score (nSPS) is 10.4. The first-order valence-corrected chi connectivity index (χ1v) is 7.46. The van der Waals surface area contributed by atoms with Crippen LogP contribution in [0.25, 0.3) is 0 Å². The van der Waals surface area contributed by atoms with E-state index in [1.54, 1.807) is 0 Å². The van der Waals surface area contributed by atoms with E-state index in [-0.39, 0.29) is 12.5 Å². The fourth-order valence-electron chi connectivity index (χ4n) is 2.36. The maximum Gasteiger partial charge on any atom is 0.262 e. The number of carbonyl (C=O) groups excluding carboxylic acids is 1. The molecule has 0 bridgehead atoms. The summed E-state index contributed by atoms with van der Waals surface area (Å²) in [6.45, 7) is 10.1. The predicted octanol–water partition coefficient (Wildman–Crippen LogP) is 4.25. The second-order valence-corrected chi connectivity index (χ2v) is 5.74. The Labute approximate surface area is 132 Å². The van der Waals surface area contributed by atoms with Crippen molar-refractivity contribution < 1.29 is 9.53 Å². The van der Waals surface area contributed by atoms with Crippen molar-refractivity contribution in [1.82, 2.24) is 0 Å². The van der Waals surface area contributed by atoms with E-state index in [4.69, 9.17) is 4.74 Å². The molecule has 0 aliphatic rings. The minimum Gasteiger partial charge on any atom is -0.483 e. The molecule has 0 fully saturated rings. The minimum absolute atomic E-state index is 0.0124. The van der Waals surface area contributed by atoms with Crippen LogP contribution in [0.5, 0.6) is 5.75 Å². The van der Waals surface area contributed by atoms with Crippen molar-refractivity contribution in [2.45, 2.75) is 34.6 Å². The lowest BCUT2D eigenvalue weighted by molar-refractivity contribution is -0.118. The summed E-state index contributed by atoms with van der Waals surface area (Å²) < 4.78 is 5.74. The fraction of sp³-hybridized carbons (Fsp3) is 0.316. The lowest BCUT2D eigenvalue weighted by Crippen LogP contribution is -2.21. The van der Waals surface area contributed by atoms with E-state index in [1.165, 1.54) is 0 Å². The summed E-state index contributed by atoms with van der Waals surface area (Å²) in [5.41, 5.74) is 6.37. The molecule has 0 saturated heterocycles. The molecule has 116 valence electrons. The van der Waals surface area contributed by atoms with Gasteiger partial charge in [-0.05, 0) is 68.5 Å². The molecule has 2 aromatic carbocycles. The molecule has 1 N–H and O–H groups in total. The first-order valence-electron chi connectivity index (χ1n) is 7.46. The van der Waals surface area contributed by atoms with Gasteiger partial charge in [-0.25, -0.2) is 0 Å². The summed E-state index contributed by atoms with van der Waals surface area (Å²) in [5, 5.41) is 2.91. The Bertz CT molecular complexity index is 705. The lowest BCUT2D eigenvalue weighted by Gasteiger charge is -2.15. The second-order valence-electron chi connectivity index (χ2n) is 5.74. The molecule has 0 spiro atoms. The molecular formula is C19H23NO2. The van der Waals surface area contributed by atoms with Crippen molar-refractivity contribution in [2.24, 2.45) is 0 Å². The molecule has 0 aromatic heterocycles. The van der Waals surface area contributed by atoms with Gasteiger partial charge in [0.25, 0.3) is 5.91 Å². The molecule has 2 rings (SSSR count). The van der Waals surface area contributed by atoms with E-state index in [9.17, 15) is 4.79 Å². The van der Waals surface area contributed by atoms with E-state index >= 15 is 0 Å². The Morgan fingerprint density at radius 2 is 1.55 bits per heavy atom. The number of benzene rings is 2. The third-order valence-corrected chi connectivity index (χ3v) is 4.10. The van der Waals surface area contributed by atoms with Crippen LogP contribution in [0.15, 0.2) is 30.3 Å². The van der Waals surface area contributed by atoms with Crippen LogP contribution >= 0.6 is 0 Å². The van der Waals surface area contributed by atoms with Crippen LogP contribution in [-0.2, 0) is 4.79 Å². The molecule has 3 heteroatoms. The monoisotopic (exact) mass is 297 g/mol. The number of aryl methyl sites for hydroxylation is 3. The van der Waals surface area contributed by atoms with Crippen LogP contribution in [0.2, 0.25) is 0 Å². The Morgan fingerprint density at radius 1 is 0.909 bits per heavy atom. The van der Waals surface area contributed by atoms with Gasteiger partial charge in [0.15, 0.2) is 6.61 Å². The summed E-state index contributed by atoms with van der Waals surface area (Å²) in [4.78, 5) is 12.1. The fourth-order valence-corrected chi connectivity index (χ4v) is 2.36. The van der Waals surface area contributed by atoms with Gasteiger partial charge in [-0.3, -0.25) is 4.79 Å². The SMILES string of the molecule is Cc1cccc(NC(=O)COc2c(C)ccc(C)c2C)c1C. The van der Waals surface area contributed by atoms with Gasteiger partial charge in [-0.15, -0.1) is 0 Å². The molecule has 0 radical (unpaired) electrons. The molecule has 22 heavy (non-hydrogen) atoms. The molecular weight excluding hydrogens is 274 g/mol. The summed E-state index contributed by atoms with van der Waals surface area (Å²) in [6, 6.07) is 9.95. The lowest BCUT2D eigenvalue weighted by atomic mass is 10.1. The Morgan fingerprint density at radius 3 is 2.27 bits per heavy atom. The van der Waals surface area contributed by atoms with Crippen LogP contribution in [0.4, 0.5) is 5.69 Å². The van der Waals surface area contributed by atoms with E-state index in [0.29, 0.717) is 0 Å². The number of amides is 1. The van der Waals surface area contributed by atoms with Crippen LogP contribution in [0, 0.1) is 34.6 Å². The van der Waals surface area contributed by atoms with Gasteiger partial charge in [0.2, 0.25) is 0 Å². The topological polar surface area (TPSA) is 38.3 Å². The summed E-state index contributed by atoms with van der Waals surface area (Å²) in [7, 11) is 0. The number of anilines is 1. The molecule has 0 unspecified atom stereocenters. The number of carbonyl (C=O) groups is 1. The molecule has 1 amide bonds. The third kappa shape index (κ3) is 3.48. The highest BCUT2D eigenvalue weighted by Gasteiger charge is 2.10. The maximum absolute atomic E-state index is 12.1. The van der Waals surface area contributed by atoms with Gasteiger partial charge < -0.3 is 10.1 Å². The molecule has 2 aromatic rings. The standard InChI is InChI=1S/C19H23NO2/c1-12-7-6-8-17(15(12)4)20-18(21)11-22-19-14(3)10-9-13(2)16(19)5/h6-10H,11H2,1-5H3,(H,20,21). The van der Waals surface area contributed by atoms with Gasteiger partial charge in [-0.1, -0.05) is 24.3 Å². The van der Waals surface area contributed by atoms with Crippen molar-refractivity contribution >= 4 is 11.6 Å². The number of rotatable bonds is 4. The molecule has 0 aliphatic heterocycles. The van der Waals surface area contributed by atoms with Gasteiger partial charge in [0.05, 0.1) is 0 Å². The molecule has 0 saturated carbocycles. The van der Waals surface area contributed by atoms with E-state index in [1.807, 2.05) is 58.9 Å². The van der Waals surface area contributed by atoms with Crippen molar-refractivity contribution in [3.63, 3.8) is 0 Å². The quantitative estimate of drug-likeness (QED) is 0.916. The van der Waals surface area contributed by atoms with E-state index in [2.05, 4.69) is 11.4 Å². The average Bonchev–Trinajstić information content (AvgIpc) is 2.48. The highest BCUT2D eigenvalue weighted by atomic mass is 16.5. The van der Waals surface area contributed by atoms with Crippen LogP contribution in [-0.4, -0.2) is 12.5 Å². The third-order valence-electron chi connectivity index (χ3n) is 4.10. The van der Waals surface area contributed by atoms with Crippen LogP contribution in [0.1, 0.15) is 27.8 Å². The summed E-state index contributed by atoms with van der Waals surface area (Å²) in [6.07, 6.45) is 0. The number of ether oxygens (including phenoxy) is 1. The van der Waals surface area contributed by atoms with Crippen molar-refractivity contribution in [2.75, 3.05) is 11.9 Å². The molecule has 0 aliphatic carbocycles. The number of nitrogens with one attached hydrogen (secondary N) is 1. The van der Waals surface area contributed by atoms with Crippen LogP contribution in [0.3, 0.4) is 0 Å². The smallest absolute Gasteiger partial charge is 0.262 e. The Hall–Kier alpha value is -2.29. The van der Waals surface area contributed by atoms with Gasteiger partial charge >= 0.3 is 0 Å². The van der Waals surface area contributed by atoms with E-state index < -0.39 is 0 Å². The van der Waals surface area contributed by atoms with Gasteiger partial charge in [0.1, 0.15) is 5.75 Å². The van der Waals surface area contributed by atoms with Gasteiger partial charge in [-0.2, -0.15) is 0 Å². The second kappa shape index (κ2) is 6.65. The highest BCUT2D eigenvalue weighted by molar-refractivity contribution is 5.92. The number of hydrogen-bond donors (Lipinski definition) is 1. The first kappa shape index (κ1) is 16.1. The van der Waals surface area contributed by atoms with Gasteiger partial charge in [0, 0.05) is 5.69 Å². The summed E-state index contributed by atoms with van der Waals surface area (Å²) >= 11 is 0. The Balaban J connectivity index is 2.05. The maximum atomic E-state index is 12.1. The zero-order chi connectivity index (χ0) is 16.3. The van der Waals surface area contributed by atoms with Crippen molar-refractivity contribution in [3.05, 3.63) is 58.1 Å². The largest absolute Gasteiger partial charge is 0.483 e. The average molecular weight is 297 g/mol. The zero-order valence-electron chi connectivity index (χ0n) is 13.9. The molecule has 0 atom stereocenters. The van der Waals surface area contributed by atoms with E-state index in [0.717, 1.165) is 39.3 Å². The predicted molar refractivity (Wildman–Crippen MR) is 90.7 cm³/mol. The van der Waals surface area contributed by atoms with Crippen molar-refractivity contribution in [1.29, 1.82) is 0 Å². The Kier molecular flexibility index (Phi) is 4.86. The van der Waals surface area contributed by atoms with Crippen molar-refractivity contribution in [3.8, 4) is 5.75 Å². The molecule has 0 heterocycles. The zero-order valence-corrected chi connectivity index (χ0v) is 13.9. The highest BCUT2D eigenvalue weighted by Crippen LogP contribution is 2.25. The minimum atomic E-state index is -0.144.